The predicted octanol–water partition coefficient (Wildman–Crippen LogP) is 1.19. The highest BCUT2D eigenvalue weighted by molar-refractivity contribution is 7.13. The number of para-hydroxylation sites is 1. The number of thiazole rings is 1. The molecule has 0 saturated heterocycles. The molecular weight excluding hydrogens is 278 g/mol. The van der Waals surface area contributed by atoms with E-state index >= 15 is 0 Å². The van der Waals surface area contributed by atoms with Crippen LogP contribution in [0, 0.1) is 0 Å². The second-order valence-corrected chi connectivity index (χ2v) is 4.80. The lowest BCUT2D eigenvalue weighted by molar-refractivity contribution is -0.118. The number of primary amides is 1. The molecule has 2 aromatic rings. The summed E-state index contributed by atoms with van der Waals surface area (Å²) in [5.41, 5.74) is 5.61. The predicted molar refractivity (Wildman–Crippen MR) is 75.6 cm³/mol. The highest BCUT2D eigenvalue weighted by atomic mass is 32.1. The standard InChI is InChI=1S/C13H13N3O3S/c14-11(17)6-9-8-20-13(15-9)16-12(18)7-19-10-4-2-1-3-5-10/h1-5,8H,6-7H2,(H2,14,17)(H,15,16,18). The van der Waals surface area contributed by atoms with Gasteiger partial charge < -0.3 is 10.5 Å². The van der Waals surface area contributed by atoms with Crippen molar-refractivity contribution in [1.29, 1.82) is 0 Å². The first kappa shape index (κ1) is 14.0. The molecule has 20 heavy (non-hydrogen) atoms. The molecule has 0 bridgehead atoms. The number of nitrogens with two attached hydrogens (primary N) is 1. The van der Waals surface area contributed by atoms with Crippen molar-refractivity contribution >= 4 is 28.3 Å². The number of amides is 2. The van der Waals surface area contributed by atoms with E-state index in [0.29, 0.717) is 16.6 Å². The summed E-state index contributed by atoms with van der Waals surface area (Å²) in [7, 11) is 0. The Hall–Kier alpha value is -2.41. The van der Waals surface area contributed by atoms with Gasteiger partial charge in [-0.05, 0) is 12.1 Å². The van der Waals surface area contributed by atoms with Gasteiger partial charge in [0.25, 0.3) is 5.91 Å². The van der Waals surface area contributed by atoms with E-state index in [9.17, 15) is 9.59 Å². The number of hydrogen-bond acceptors (Lipinski definition) is 5. The zero-order valence-corrected chi connectivity index (χ0v) is 11.4. The van der Waals surface area contributed by atoms with Gasteiger partial charge >= 0.3 is 0 Å². The molecule has 0 unspecified atom stereocenters. The number of rotatable bonds is 6. The van der Waals surface area contributed by atoms with Crippen molar-refractivity contribution in [3.05, 3.63) is 41.4 Å². The van der Waals surface area contributed by atoms with Crippen LogP contribution in [0.2, 0.25) is 0 Å². The highest BCUT2D eigenvalue weighted by Crippen LogP contribution is 2.15. The molecule has 2 amide bonds. The quantitative estimate of drug-likeness (QED) is 0.835. The van der Waals surface area contributed by atoms with Gasteiger partial charge in [-0.15, -0.1) is 11.3 Å². The Labute approximate surface area is 119 Å². The van der Waals surface area contributed by atoms with Gasteiger partial charge in [0, 0.05) is 5.38 Å². The van der Waals surface area contributed by atoms with Gasteiger partial charge in [0.2, 0.25) is 5.91 Å². The Balaban J connectivity index is 1.82. The van der Waals surface area contributed by atoms with E-state index in [1.807, 2.05) is 18.2 Å². The van der Waals surface area contributed by atoms with E-state index in [-0.39, 0.29) is 18.9 Å². The van der Waals surface area contributed by atoms with E-state index < -0.39 is 5.91 Å². The highest BCUT2D eigenvalue weighted by Gasteiger charge is 2.08. The molecule has 0 aliphatic heterocycles. The number of carbonyl (C=O) groups is 2. The summed E-state index contributed by atoms with van der Waals surface area (Å²) in [6.07, 6.45) is 0.0624. The van der Waals surface area contributed by atoms with Crippen molar-refractivity contribution in [2.75, 3.05) is 11.9 Å². The Kier molecular flexibility index (Phi) is 4.67. The van der Waals surface area contributed by atoms with Crippen LogP contribution >= 0.6 is 11.3 Å². The van der Waals surface area contributed by atoms with Crippen LogP contribution in [0.25, 0.3) is 0 Å². The van der Waals surface area contributed by atoms with Gasteiger partial charge in [-0.3, -0.25) is 14.9 Å². The summed E-state index contributed by atoms with van der Waals surface area (Å²) in [5.74, 6) is -0.148. The van der Waals surface area contributed by atoms with Crippen molar-refractivity contribution in [3.8, 4) is 5.75 Å². The first-order valence-electron chi connectivity index (χ1n) is 5.84. The van der Waals surface area contributed by atoms with Gasteiger partial charge in [0.15, 0.2) is 11.7 Å². The van der Waals surface area contributed by atoms with Crippen LogP contribution in [0.5, 0.6) is 5.75 Å². The molecule has 0 aliphatic carbocycles. The van der Waals surface area contributed by atoms with Crippen molar-refractivity contribution in [2.45, 2.75) is 6.42 Å². The molecular formula is C13H13N3O3S. The maximum atomic E-state index is 11.7. The van der Waals surface area contributed by atoms with E-state index in [1.54, 1.807) is 17.5 Å². The number of nitrogens with one attached hydrogen (secondary N) is 1. The lowest BCUT2D eigenvalue weighted by atomic mass is 10.3. The SMILES string of the molecule is NC(=O)Cc1csc(NC(=O)COc2ccccc2)n1. The third kappa shape index (κ3) is 4.36. The summed E-state index contributed by atoms with van der Waals surface area (Å²) in [4.78, 5) is 26.5. The van der Waals surface area contributed by atoms with Gasteiger partial charge in [-0.2, -0.15) is 0 Å². The van der Waals surface area contributed by atoms with Crippen LogP contribution in [-0.2, 0) is 16.0 Å². The molecule has 0 fully saturated rings. The number of benzene rings is 1. The largest absolute Gasteiger partial charge is 0.484 e. The molecule has 1 aromatic carbocycles. The van der Waals surface area contributed by atoms with Gasteiger partial charge in [-0.25, -0.2) is 4.98 Å². The molecule has 6 nitrogen and oxygen atoms in total. The average Bonchev–Trinajstić information content (AvgIpc) is 2.84. The topological polar surface area (TPSA) is 94.3 Å². The van der Waals surface area contributed by atoms with E-state index in [2.05, 4.69) is 10.3 Å². The fraction of sp³-hybridized carbons (Fsp3) is 0.154. The van der Waals surface area contributed by atoms with Crippen molar-refractivity contribution < 1.29 is 14.3 Å². The number of aromatic nitrogens is 1. The van der Waals surface area contributed by atoms with Crippen LogP contribution in [0.3, 0.4) is 0 Å². The molecule has 0 radical (unpaired) electrons. The van der Waals surface area contributed by atoms with Crippen molar-refractivity contribution in [3.63, 3.8) is 0 Å². The Morgan fingerprint density at radius 3 is 2.75 bits per heavy atom. The summed E-state index contributed by atoms with van der Waals surface area (Å²) in [6, 6.07) is 9.04. The van der Waals surface area contributed by atoms with Crippen LogP contribution in [0.1, 0.15) is 5.69 Å². The van der Waals surface area contributed by atoms with E-state index in [4.69, 9.17) is 10.5 Å². The van der Waals surface area contributed by atoms with E-state index in [0.717, 1.165) is 0 Å². The summed E-state index contributed by atoms with van der Waals surface area (Å²) in [5, 5.41) is 4.70. The summed E-state index contributed by atoms with van der Waals surface area (Å²) < 4.78 is 5.30. The molecule has 0 spiro atoms. The monoisotopic (exact) mass is 291 g/mol. The zero-order valence-electron chi connectivity index (χ0n) is 10.5. The van der Waals surface area contributed by atoms with Gasteiger partial charge in [0.1, 0.15) is 5.75 Å². The third-order valence-electron chi connectivity index (χ3n) is 2.27. The zero-order chi connectivity index (χ0) is 14.4. The Morgan fingerprint density at radius 2 is 2.05 bits per heavy atom. The van der Waals surface area contributed by atoms with Crippen molar-refractivity contribution in [2.24, 2.45) is 5.73 Å². The molecule has 1 aromatic heterocycles. The number of nitrogens with zero attached hydrogens (tertiary/aromatic N) is 1. The Bertz CT molecular complexity index is 598. The molecule has 1 heterocycles. The number of hydrogen-bond donors (Lipinski definition) is 2. The van der Waals surface area contributed by atoms with Crippen LogP contribution in [-0.4, -0.2) is 23.4 Å². The minimum absolute atomic E-state index is 0.0624. The molecule has 7 heteroatoms. The molecule has 104 valence electrons. The van der Waals surface area contributed by atoms with Gasteiger partial charge in [0.05, 0.1) is 12.1 Å². The minimum Gasteiger partial charge on any atom is -0.484 e. The first-order valence-corrected chi connectivity index (χ1v) is 6.72. The average molecular weight is 291 g/mol. The fourth-order valence-corrected chi connectivity index (χ4v) is 2.17. The Morgan fingerprint density at radius 1 is 1.30 bits per heavy atom. The molecule has 0 atom stereocenters. The van der Waals surface area contributed by atoms with Crippen LogP contribution in [0.4, 0.5) is 5.13 Å². The second-order valence-electron chi connectivity index (χ2n) is 3.94. The minimum atomic E-state index is -0.458. The van der Waals surface area contributed by atoms with E-state index in [1.165, 1.54) is 11.3 Å². The lowest BCUT2D eigenvalue weighted by Crippen LogP contribution is -2.20. The van der Waals surface area contributed by atoms with Gasteiger partial charge in [-0.1, -0.05) is 18.2 Å². The third-order valence-corrected chi connectivity index (χ3v) is 3.07. The summed E-state index contributed by atoms with van der Waals surface area (Å²) >= 11 is 1.24. The lowest BCUT2D eigenvalue weighted by Gasteiger charge is -2.05. The molecule has 0 saturated carbocycles. The van der Waals surface area contributed by atoms with Crippen LogP contribution in [0.15, 0.2) is 35.7 Å². The normalized spacial score (nSPS) is 10.0. The number of anilines is 1. The molecule has 0 aliphatic rings. The maximum absolute atomic E-state index is 11.7. The second kappa shape index (κ2) is 6.67. The van der Waals surface area contributed by atoms with Crippen molar-refractivity contribution in [1.82, 2.24) is 4.98 Å². The fourth-order valence-electron chi connectivity index (χ4n) is 1.45. The smallest absolute Gasteiger partial charge is 0.264 e. The molecule has 2 rings (SSSR count). The number of ether oxygens (including phenoxy) is 1. The maximum Gasteiger partial charge on any atom is 0.264 e. The number of carbonyl (C=O) groups excluding carboxylic acids is 2. The first-order chi connectivity index (χ1) is 9.63. The molecule has 3 N–H and O–H groups in total. The van der Waals surface area contributed by atoms with Crippen LogP contribution < -0.4 is 15.8 Å². The summed E-state index contributed by atoms with van der Waals surface area (Å²) in [6.45, 7) is -0.102.